The average Bonchev–Trinajstić information content (AvgIpc) is 3.10. The molecule has 5 rings (SSSR count). The molecule has 0 heterocycles. The fraction of sp³-hybridized carbons (Fsp3) is 0.654. The number of aliphatic hydroxyl groups excluding tert-OH is 1. The molecule has 7 atom stereocenters. The highest BCUT2D eigenvalue weighted by Gasteiger charge is 2.60. The van der Waals surface area contributed by atoms with Crippen molar-refractivity contribution >= 4 is 16.0 Å². The van der Waals surface area contributed by atoms with Crippen LogP contribution in [0.3, 0.4) is 0 Å². The van der Waals surface area contributed by atoms with Gasteiger partial charge in [0.25, 0.3) is 0 Å². The molecular weight excluding hydrogens is 438 g/mol. The fourth-order valence-corrected chi connectivity index (χ4v) is 8.56. The number of rotatable bonds is 3. The molecule has 33 heavy (non-hydrogen) atoms. The minimum atomic E-state index is -3.88. The summed E-state index contributed by atoms with van der Waals surface area (Å²) in [4.78, 5) is 12.9. The van der Waals surface area contributed by atoms with Gasteiger partial charge >= 0.3 is 5.97 Å². The van der Waals surface area contributed by atoms with Crippen LogP contribution in [0.25, 0.3) is 0 Å². The summed E-state index contributed by atoms with van der Waals surface area (Å²) >= 11 is 0. The molecule has 0 amide bonds. The standard InChI is InChI=1S/C26H35NO5S/c1-25-12-10-18(28)15-17(25)6-7-20-21-8-9-23(26(21,2)13-11-22(20)25)32-24(29)16-4-3-5-19(14-16)33(27,30)31/h3-5,10,14,17,20-23,28H,6-9,11-13,15H2,1-2H3,(H2,27,30,31)/t17?,20?,21?,22?,23-,25-,26-/m0/s1. The maximum absolute atomic E-state index is 13.0. The smallest absolute Gasteiger partial charge is 0.338 e. The number of allylic oxidation sites excluding steroid dienone is 2. The van der Waals surface area contributed by atoms with E-state index < -0.39 is 16.0 Å². The van der Waals surface area contributed by atoms with Crippen molar-refractivity contribution in [2.45, 2.75) is 76.2 Å². The van der Waals surface area contributed by atoms with Gasteiger partial charge in [-0.15, -0.1) is 0 Å². The quantitative estimate of drug-likeness (QED) is 0.604. The van der Waals surface area contributed by atoms with Crippen LogP contribution in [0.15, 0.2) is 41.0 Å². The Balaban J connectivity index is 1.34. The highest BCUT2D eigenvalue weighted by atomic mass is 32.2. The van der Waals surface area contributed by atoms with Crippen LogP contribution in [0.5, 0.6) is 0 Å². The lowest BCUT2D eigenvalue weighted by molar-refractivity contribution is -0.113. The van der Waals surface area contributed by atoms with Crippen LogP contribution >= 0.6 is 0 Å². The summed E-state index contributed by atoms with van der Waals surface area (Å²) < 4.78 is 29.4. The number of aliphatic hydroxyl groups is 1. The first-order valence-electron chi connectivity index (χ1n) is 12.2. The van der Waals surface area contributed by atoms with E-state index in [9.17, 15) is 18.3 Å². The first-order chi connectivity index (χ1) is 15.5. The molecule has 1 aromatic rings. The van der Waals surface area contributed by atoms with Crippen LogP contribution < -0.4 is 5.14 Å². The number of benzene rings is 1. The van der Waals surface area contributed by atoms with Gasteiger partial charge in [0, 0.05) is 11.8 Å². The molecular formula is C26H35NO5S. The van der Waals surface area contributed by atoms with Gasteiger partial charge in [-0.3, -0.25) is 0 Å². The molecule has 0 aromatic heterocycles. The van der Waals surface area contributed by atoms with E-state index in [-0.39, 0.29) is 27.4 Å². The topological polar surface area (TPSA) is 107 Å². The largest absolute Gasteiger partial charge is 0.513 e. The van der Waals surface area contributed by atoms with E-state index in [1.165, 1.54) is 24.6 Å². The molecule has 6 nitrogen and oxygen atoms in total. The zero-order valence-electron chi connectivity index (χ0n) is 19.5. The summed E-state index contributed by atoms with van der Waals surface area (Å²) in [6.45, 7) is 4.73. The third-order valence-electron chi connectivity index (χ3n) is 9.86. The van der Waals surface area contributed by atoms with Crippen molar-refractivity contribution in [3.8, 4) is 0 Å². The normalized spacial score (nSPS) is 40.2. The lowest BCUT2D eigenvalue weighted by Gasteiger charge is -2.59. The van der Waals surface area contributed by atoms with Crippen molar-refractivity contribution in [2.75, 3.05) is 0 Å². The second-order valence-corrected chi connectivity index (χ2v) is 12.9. The molecule has 3 saturated carbocycles. The van der Waals surface area contributed by atoms with Gasteiger partial charge in [-0.2, -0.15) is 0 Å². The van der Waals surface area contributed by atoms with Gasteiger partial charge in [-0.05, 0) is 98.3 Å². The zero-order chi connectivity index (χ0) is 23.6. The Kier molecular flexibility index (Phi) is 5.44. The van der Waals surface area contributed by atoms with E-state index in [4.69, 9.17) is 9.88 Å². The van der Waals surface area contributed by atoms with Gasteiger partial charge in [0.15, 0.2) is 0 Å². The number of ether oxygens (including phenoxy) is 1. The van der Waals surface area contributed by atoms with Crippen LogP contribution in [-0.4, -0.2) is 25.6 Å². The molecule has 3 N–H and O–H groups in total. The Morgan fingerprint density at radius 3 is 2.61 bits per heavy atom. The summed E-state index contributed by atoms with van der Waals surface area (Å²) in [5, 5.41) is 15.3. The Morgan fingerprint density at radius 1 is 1.09 bits per heavy atom. The number of hydrogen-bond acceptors (Lipinski definition) is 5. The molecule has 3 fully saturated rings. The second kappa shape index (κ2) is 7.84. The molecule has 4 unspecified atom stereocenters. The van der Waals surface area contributed by atoms with E-state index in [1.807, 2.05) is 6.08 Å². The van der Waals surface area contributed by atoms with Crippen molar-refractivity contribution < 1.29 is 23.1 Å². The Hall–Kier alpha value is -1.86. The van der Waals surface area contributed by atoms with Crippen LogP contribution in [-0.2, 0) is 14.8 Å². The minimum absolute atomic E-state index is 0.0514. The van der Waals surface area contributed by atoms with E-state index in [0.29, 0.717) is 29.4 Å². The molecule has 0 bridgehead atoms. The Morgan fingerprint density at radius 2 is 1.85 bits per heavy atom. The van der Waals surface area contributed by atoms with Crippen molar-refractivity contribution in [1.82, 2.24) is 0 Å². The van der Waals surface area contributed by atoms with Gasteiger partial charge < -0.3 is 9.84 Å². The van der Waals surface area contributed by atoms with Crippen molar-refractivity contribution in [1.29, 1.82) is 0 Å². The van der Waals surface area contributed by atoms with Crippen LogP contribution in [0.2, 0.25) is 0 Å². The summed E-state index contributed by atoms with van der Waals surface area (Å²) in [6, 6.07) is 5.79. The third kappa shape index (κ3) is 3.72. The predicted octanol–water partition coefficient (Wildman–Crippen LogP) is 4.95. The molecule has 0 aliphatic heterocycles. The first-order valence-corrected chi connectivity index (χ1v) is 13.8. The number of primary sulfonamides is 1. The number of carbonyl (C=O) groups excluding carboxylic acids is 1. The maximum Gasteiger partial charge on any atom is 0.338 e. The number of fused-ring (bicyclic) bond motifs is 5. The van der Waals surface area contributed by atoms with Crippen LogP contribution in [0.1, 0.15) is 75.6 Å². The van der Waals surface area contributed by atoms with Gasteiger partial charge in [-0.1, -0.05) is 19.9 Å². The summed E-state index contributed by atoms with van der Waals surface area (Å²) in [5.41, 5.74) is 0.424. The van der Waals surface area contributed by atoms with E-state index in [1.54, 1.807) is 6.07 Å². The molecule has 1 aromatic carbocycles. The van der Waals surface area contributed by atoms with E-state index >= 15 is 0 Å². The van der Waals surface area contributed by atoms with Crippen LogP contribution in [0.4, 0.5) is 0 Å². The Bertz CT molecular complexity index is 1100. The molecule has 180 valence electrons. The van der Waals surface area contributed by atoms with Gasteiger partial charge in [0.2, 0.25) is 10.0 Å². The highest BCUT2D eigenvalue weighted by molar-refractivity contribution is 7.89. The van der Waals surface area contributed by atoms with Gasteiger partial charge in [0.05, 0.1) is 16.2 Å². The zero-order valence-corrected chi connectivity index (χ0v) is 20.3. The van der Waals surface area contributed by atoms with Gasteiger partial charge in [0.1, 0.15) is 6.10 Å². The second-order valence-electron chi connectivity index (χ2n) is 11.3. The monoisotopic (exact) mass is 473 g/mol. The highest BCUT2D eigenvalue weighted by Crippen LogP contribution is 2.66. The summed E-state index contributed by atoms with van der Waals surface area (Å²) in [5.74, 6) is 2.47. The maximum atomic E-state index is 13.0. The number of esters is 1. The average molecular weight is 474 g/mol. The molecule has 0 radical (unpaired) electrons. The van der Waals surface area contributed by atoms with Gasteiger partial charge in [-0.25, -0.2) is 18.4 Å². The SMILES string of the molecule is C[C@]12CC=C(O)CC1CCC1C2CC[C@@]2(C)C1CC[C@@H]2OC(=O)c1cccc(S(N)(=O)=O)c1. The predicted molar refractivity (Wildman–Crippen MR) is 125 cm³/mol. The van der Waals surface area contributed by atoms with Crippen LogP contribution in [0, 0.1) is 34.5 Å². The minimum Gasteiger partial charge on any atom is -0.513 e. The lowest BCUT2D eigenvalue weighted by Crippen LogP contribution is -2.53. The summed E-state index contributed by atoms with van der Waals surface area (Å²) in [6.07, 6.45) is 10.1. The van der Waals surface area contributed by atoms with Crippen molar-refractivity contribution in [3.63, 3.8) is 0 Å². The lowest BCUT2D eigenvalue weighted by atomic mass is 9.46. The molecule has 0 saturated heterocycles. The molecule has 4 aliphatic carbocycles. The number of carbonyl (C=O) groups is 1. The van der Waals surface area contributed by atoms with E-state index in [2.05, 4.69) is 13.8 Å². The third-order valence-corrected chi connectivity index (χ3v) is 10.8. The number of hydrogen-bond donors (Lipinski definition) is 2. The van der Waals surface area contributed by atoms with Crippen molar-refractivity contribution in [3.05, 3.63) is 41.7 Å². The van der Waals surface area contributed by atoms with Crippen molar-refractivity contribution in [2.24, 2.45) is 39.6 Å². The first kappa shape index (κ1) is 22.9. The molecule has 0 spiro atoms. The fourth-order valence-electron chi connectivity index (χ4n) is 8.00. The molecule has 4 aliphatic rings. The summed E-state index contributed by atoms with van der Waals surface area (Å²) in [7, 11) is -3.88. The number of nitrogens with two attached hydrogens (primary N) is 1. The number of sulfonamides is 1. The Labute approximate surface area is 196 Å². The molecule has 7 heteroatoms. The van der Waals surface area contributed by atoms with E-state index in [0.717, 1.165) is 44.9 Å².